The lowest BCUT2D eigenvalue weighted by atomic mass is 9.92. The predicted molar refractivity (Wildman–Crippen MR) is 124 cm³/mol. The van der Waals surface area contributed by atoms with E-state index in [1.54, 1.807) is 58.0 Å². The summed E-state index contributed by atoms with van der Waals surface area (Å²) < 4.78 is 9.88. The molecule has 0 fully saturated rings. The molecule has 0 saturated heterocycles. The third-order valence-corrected chi connectivity index (χ3v) is 5.11. The van der Waals surface area contributed by atoms with Crippen LogP contribution in [-0.2, 0) is 23.9 Å². The Hall–Kier alpha value is -3.10. The summed E-state index contributed by atoms with van der Waals surface area (Å²) in [6, 6.07) is 6.79. The van der Waals surface area contributed by atoms with E-state index in [9.17, 15) is 19.2 Å². The van der Waals surface area contributed by atoms with E-state index >= 15 is 0 Å². The first-order valence-corrected chi connectivity index (χ1v) is 11.0. The molecule has 0 bridgehead atoms. The van der Waals surface area contributed by atoms with E-state index in [0.717, 1.165) is 0 Å². The minimum Gasteiger partial charge on any atom is -0.468 e. The molecule has 0 radical (unpaired) electrons. The molecule has 9 heteroatoms. The highest BCUT2D eigenvalue weighted by atomic mass is 16.6. The van der Waals surface area contributed by atoms with Gasteiger partial charge in [0.1, 0.15) is 24.2 Å². The van der Waals surface area contributed by atoms with Crippen molar-refractivity contribution in [1.29, 1.82) is 0 Å². The molecule has 33 heavy (non-hydrogen) atoms. The number of carbonyl (C=O) groups is 4. The SMILES string of the molecule is CCC(C)(C)N(C(=O)C(C)NC(=O)OC(C)(C)C)C(C(=O)NCC(=O)OC)c1ccccc1. The number of nitrogens with zero attached hydrogens (tertiary/aromatic N) is 1. The maximum Gasteiger partial charge on any atom is 0.408 e. The van der Waals surface area contributed by atoms with Crippen LogP contribution in [0, 0.1) is 0 Å². The maximum absolute atomic E-state index is 13.6. The van der Waals surface area contributed by atoms with Crippen molar-refractivity contribution in [2.75, 3.05) is 13.7 Å². The quantitative estimate of drug-likeness (QED) is 0.544. The van der Waals surface area contributed by atoms with E-state index in [-0.39, 0.29) is 6.54 Å². The fourth-order valence-electron chi connectivity index (χ4n) is 3.08. The zero-order valence-electron chi connectivity index (χ0n) is 20.9. The monoisotopic (exact) mass is 463 g/mol. The van der Waals surface area contributed by atoms with Gasteiger partial charge in [0.2, 0.25) is 11.8 Å². The second-order valence-corrected chi connectivity index (χ2v) is 9.35. The Morgan fingerprint density at radius 2 is 1.61 bits per heavy atom. The highest BCUT2D eigenvalue weighted by molar-refractivity contribution is 5.93. The standard InChI is InChI=1S/C24H37N3O6/c1-9-24(6,7)27(21(30)16(2)26-22(31)33-23(3,4)5)19(17-13-11-10-12-14-17)20(29)25-15-18(28)32-8/h10-14,16,19H,9,15H2,1-8H3,(H,25,29)(H,26,31). The molecular formula is C24H37N3O6. The van der Waals surface area contributed by atoms with Gasteiger partial charge in [-0.15, -0.1) is 0 Å². The fraction of sp³-hybridized carbons (Fsp3) is 0.583. The van der Waals surface area contributed by atoms with Crippen molar-refractivity contribution >= 4 is 23.9 Å². The van der Waals surface area contributed by atoms with Crippen LogP contribution in [0.4, 0.5) is 4.79 Å². The Balaban J connectivity index is 3.37. The van der Waals surface area contributed by atoms with E-state index in [4.69, 9.17) is 4.74 Å². The number of hydrogen-bond acceptors (Lipinski definition) is 6. The minimum absolute atomic E-state index is 0.334. The average Bonchev–Trinajstić information content (AvgIpc) is 2.73. The number of hydrogen-bond donors (Lipinski definition) is 2. The van der Waals surface area contributed by atoms with Gasteiger partial charge in [-0.25, -0.2) is 4.79 Å². The highest BCUT2D eigenvalue weighted by Gasteiger charge is 2.42. The van der Waals surface area contributed by atoms with Crippen molar-refractivity contribution < 1.29 is 28.7 Å². The van der Waals surface area contributed by atoms with Crippen LogP contribution in [0.25, 0.3) is 0 Å². The average molecular weight is 464 g/mol. The summed E-state index contributed by atoms with van der Waals surface area (Å²) in [5, 5.41) is 5.11. The molecule has 2 unspecified atom stereocenters. The molecule has 0 saturated carbocycles. The third-order valence-electron chi connectivity index (χ3n) is 5.11. The van der Waals surface area contributed by atoms with Crippen molar-refractivity contribution in [3.8, 4) is 0 Å². The summed E-state index contributed by atoms with van der Waals surface area (Å²) in [4.78, 5) is 52.2. The van der Waals surface area contributed by atoms with E-state index < -0.39 is 47.1 Å². The van der Waals surface area contributed by atoms with Gasteiger partial charge < -0.3 is 25.0 Å². The van der Waals surface area contributed by atoms with Crippen LogP contribution >= 0.6 is 0 Å². The van der Waals surface area contributed by atoms with E-state index in [1.807, 2.05) is 20.8 Å². The van der Waals surface area contributed by atoms with Crippen LogP contribution in [0.3, 0.4) is 0 Å². The number of methoxy groups -OCH3 is 1. The molecule has 9 nitrogen and oxygen atoms in total. The Morgan fingerprint density at radius 3 is 2.09 bits per heavy atom. The molecule has 0 aliphatic rings. The number of alkyl carbamates (subject to hydrolysis) is 1. The second-order valence-electron chi connectivity index (χ2n) is 9.35. The first-order chi connectivity index (χ1) is 15.2. The van der Waals surface area contributed by atoms with Gasteiger partial charge in [-0.05, 0) is 53.5 Å². The summed E-state index contributed by atoms with van der Waals surface area (Å²) in [7, 11) is 1.23. The molecule has 1 rings (SSSR count). The molecule has 0 heterocycles. The lowest BCUT2D eigenvalue weighted by molar-refractivity contribution is -0.149. The van der Waals surface area contributed by atoms with Gasteiger partial charge in [-0.3, -0.25) is 14.4 Å². The number of rotatable bonds is 9. The van der Waals surface area contributed by atoms with Crippen molar-refractivity contribution in [2.45, 2.75) is 78.1 Å². The molecule has 0 aliphatic heterocycles. The van der Waals surface area contributed by atoms with Crippen molar-refractivity contribution in [3.63, 3.8) is 0 Å². The number of amides is 3. The van der Waals surface area contributed by atoms with Crippen molar-refractivity contribution in [2.24, 2.45) is 0 Å². The van der Waals surface area contributed by atoms with Crippen LogP contribution < -0.4 is 10.6 Å². The smallest absolute Gasteiger partial charge is 0.408 e. The fourth-order valence-corrected chi connectivity index (χ4v) is 3.08. The number of carbonyl (C=O) groups excluding carboxylic acids is 4. The summed E-state index contributed by atoms with van der Waals surface area (Å²) in [6.45, 7) is 12.0. The molecule has 0 aromatic heterocycles. The zero-order chi connectivity index (χ0) is 25.4. The zero-order valence-corrected chi connectivity index (χ0v) is 20.9. The Labute approximate surface area is 196 Å². The molecule has 1 aromatic carbocycles. The normalized spacial score (nSPS) is 13.3. The molecule has 2 atom stereocenters. The number of nitrogens with one attached hydrogen (secondary N) is 2. The summed E-state index contributed by atoms with van der Waals surface area (Å²) in [6.07, 6.45) is -0.199. The van der Waals surface area contributed by atoms with Gasteiger partial charge in [0.15, 0.2) is 0 Å². The second kappa shape index (κ2) is 11.7. The lowest BCUT2D eigenvalue weighted by Crippen LogP contribution is -2.58. The predicted octanol–water partition coefficient (Wildman–Crippen LogP) is 2.95. The van der Waals surface area contributed by atoms with Crippen LogP contribution in [0.15, 0.2) is 30.3 Å². The van der Waals surface area contributed by atoms with E-state index in [1.165, 1.54) is 12.0 Å². The third kappa shape index (κ3) is 8.40. The first-order valence-electron chi connectivity index (χ1n) is 11.0. The molecule has 2 N–H and O–H groups in total. The Kier molecular flexibility index (Phi) is 9.88. The van der Waals surface area contributed by atoms with Crippen LogP contribution in [0.5, 0.6) is 0 Å². The van der Waals surface area contributed by atoms with Crippen LogP contribution in [-0.4, -0.2) is 59.6 Å². The summed E-state index contributed by atoms with van der Waals surface area (Å²) in [5.41, 5.74) is -0.918. The van der Waals surface area contributed by atoms with Gasteiger partial charge in [0.05, 0.1) is 7.11 Å². The molecule has 3 amide bonds. The van der Waals surface area contributed by atoms with E-state index in [2.05, 4.69) is 15.4 Å². The maximum atomic E-state index is 13.6. The Bertz CT molecular complexity index is 832. The summed E-state index contributed by atoms with van der Waals surface area (Å²) in [5.74, 6) is -1.61. The van der Waals surface area contributed by atoms with E-state index in [0.29, 0.717) is 12.0 Å². The Morgan fingerprint density at radius 1 is 1.03 bits per heavy atom. The van der Waals surface area contributed by atoms with Crippen LogP contribution in [0.1, 0.15) is 66.5 Å². The number of esters is 1. The van der Waals surface area contributed by atoms with Gasteiger partial charge >= 0.3 is 12.1 Å². The van der Waals surface area contributed by atoms with Crippen molar-refractivity contribution in [3.05, 3.63) is 35.9 Å². The largest absolute Gasteiger partial charge is 0.468 e. The summed E-state index contributed by atoms with van der Waals surface area (Å²) >= 11 is 0. The molecular weight excluding hydrogens is 426 g/mol. The van der Waals surface area contributed by atoms with Crippen LogP contribution in [0.2, 0.25) is 0 Å². The molecule has 1 aromatic rings. The number of ether oxygens (including phenoxy) is 2. The van der Waals surface area contributed by atoms with Gasteiger partial charge in [-0.2, -0.15) is 0 Å². The first kappa shape index (κ1) is 27.9. The van der Waals surface area contributed by atoms with Gasteiger partial charge in [-0.1, -0.05) is 37.3 Å². The van der Waals surface area contributed by atoms with Gasteiger partial charge in [0.25, 0.3) is 0 Å². The molecule has 184 valence electrons. The lowest BCUT2D eigenvalue weighted by Gasteiger charge is -2.44. The highest BCUT2D eigenvalue weighted by Crippen LogP contribution is 2.32. The number of benzene rings is 1. The topological polar surface area (TPSA) is 114 Å². The minimum atomic E-state index is -1.04. The van der Waals surface area contributed by atoms with Crippen molar-refractivity contribution in [1.82, 2.24) is 15.5 Å². The van der Waals surface area contributed by atoms with Gasteiger partial charge in [0, 0.05) is 5.54 Å². The molecule has 0 aliphatic carbocycles. The molecule has 0 spiro atoms.